The predicted molar refractivity (Wildman–Crippen MR) is 90.1 cm³/mol. The Labute approximate surface area is 139 Å². The third kappa shape index (κ3) is 5.20. The number of rotatable bonds is 7. The van der Waals surface area contributed by atoms with Gasteiger partial charge in [-0.2, -0.15) is 5.10 Å². The van der Waals surface area contributed by atoms with Crippen LogP contribution in [0.25, 0.3) is 0 Å². The van der Waals surface area contributed by atoms with E-state index in [1.165, 1.54) is 18.3 Å². The number of hydrogen-bond donors (Lipinski definition) is 1. The summed E-state index contributed by atoms with van der Waals surface area (Å²) in [6, 6.07) is 13.2. The van der Waals surface area contributed by atoms with Crippen molar-refractivity contribution in [3.63, 3.8) is 0 Å². The van der Waals surface area contributed by atoms with Crippen molar-refractivity contribution in [2.75, 3.05) is 6.61 Å². The van der Waals surface area contributed by atoms with Crippen LogP contribution >= 0.6 is 0 Å². The fourth-order valence-corrected chi connectivity index (χ4v) is 1.99. The first-order valence-corrected chi connectivity index (χ1v) is 7.36. The van der Waals surface area contributed by atoms with Crippen molar-refractivity contribution in [3.8, 4) is 5.75 Å². The van der Waals surface area contributed by atoms with Gasteiger partial charge in [0, 0.05) is 17.7 Å². The second kappa shape index (κ2) is 8.42. The minimum atomic E-state index is -0.484. The highest BCUT2D eigenvalue weighted by Gasteiger charge is 2.05. The van der Waals surface area contributed by atoms with Crippen LogP contribution in [0.5, 0.6) is 5.75 Å². The van der Waals surface area contributed by atoms with Crippen LogP contribution in [-0.2, 0) is 11.2 Å². The third-order valence-electron chi connectivity index (χ3n) is 3.08. The van der Waals surface area contributed by atoms with Crippen molar-refractivity contribution in [2.45, 2.75) is 13.3 Å². The van der Waals surface area contributed by atoms with Gasteiger partial charge in [0.05, 0.1) is 24.2 Å². The highest BCUT2D eigenvalue weighted by molar-refractivity contribution is 5.83. The molecule has 0 spiro atoms. The number of benzene rings is 2. The van der Waals surface area contributed by atoms with Gasteiger partial charge in [0.2, 0.25) is 5.91 Å². The van der Waals surface area contributed by atoms with Crippen LogP contribution in [0.4, 0.5) is 5.69 Å². The summed E-state index contributed by atoms with van der Waals surface area (Å²) in [6.07, 6.45) is 1.54. The van der Waals surface area contributed by atoms with E-state index in [2.05, 4.69) is 10.5 Å². The van der Waals surface area contributed by atoms with Crippen molar-refractivity contribution in [3.05, 3.63) is 69.8 Å². The van der Waals surface area contributed by atoms with Crippen molar-refractivity contribution >= 4 is 17.8 Å². The number of nitrogens with zero attached hydrogens (tertiary/aromatic N) is 2. The lowest BCUT2D eigenvalue weighted by Gasteiger charge is -2.04. The number of nitro groups is 1. The molecule has 0 aliphatic heterocycles. The molecular weight excluding hydrogens is 310 g/mol. The molecule has 1 amide bonds. The van der Waals surface area contributed by atoms with Gasteiger partial charge in [-0.3, -0.25) is 14.9 Å². The molecule has 0 aromatic heterocycles. The van der Waals surface area contributed by atoms with Gasteiger partial charge in [-0.25, -0.2) is 5.43 Å². The molecule has 7 nitrogen and oxygen atoms in total. The van der Waals surface area contributed by atoms with E-state index in [0.717, 1.165) is 11.3 Å². The maximum atomic E-state index is 11.8. The van der Waals surface area contributed by atoms with Crippen molar-refractivity contribution in [2.24, 2.45) is 5.10 Å². The Morgan fingerprint density at radius 1 is 1.29 bits per heavy atom. The molecule has 0 atom stereocenters. The van der Waals surface area contributed by atoms with Crippen LogP contribution < -0.4 is 10.2 Å². The maximum Gasteiger partial charge on any atom is 0.270 e. The summed E-state index contributed by atoms with van der Waals surface area (Å²) in [4.78, 5) is 22.0. The fourth-order valence-electron chi connectivity index (χ4n) is 1.99. The molecule has 2 aromatic carbocycles. The largest absolute Gasteiger partial charge is 0.494 e. The molecule has 2 rings (SSSR count). The number of hydrogen-bond acceptors (Lipinski definition) is 5. The second-order valence-corrected chi connectivity index (χ2v) is 4.90. The fraction of sp³-hybridized carbons (Fsp3) is 0.176. The molecule has 2 aromatic rings. The molecule has 0 saturated heterocycles. The maximum absolute atomic E-state index is 11.8. The van der Waals surface area contributed by atoms with Gasteiger partial charge in [0.25, 0.3) is 5.69 Å². The first kappa shape index (κ1) is 17.1. The lowest BCUT2D eigenvalue weighted by atomic mass is 10.1. The Bertz CT molecular complexity index is 742. The number of carbonyl (C=O) groups is 1. The zero-order valence-electron chi connectivity index (χ0n) is 13.1. The molecule has 124 valence electrons. The zero-order valence-corrected chi connectivity index (χ0v) is 13.1. The molecule has 7 heteroatoms. The summed E-state index contributed by atoms with van der Waals surface area (Å²) in [7, 11) is 0. The molecule has 1 N–H and O–H groups in total. The normalized spacial score (nSPS) is 10.5. The summed E-state index contributed by atoms with van der Waals surface area (Å²) >= 11 is 0. The molecule has 0 heterocycles. The van der Waals surface area contributed by atoms with E-state index in [1.807, 2.05) is 19.1 Å². The van der Waals surface area contributed by atoms with Crippen LogP contribution in [0.15, 0.2) is 53.6 Å². The summed E-state index contributed by atoms with van der Waals surface area (Å²) in [5, 5.41) is 14.5. The van der Waals surface area contributed by atoms with E-state index in [-0.39, 0.29) is 18.0 Å². The van der Waals surface area contributed by atoms with E-state index < -0.39 is 4.92 Å². The molecule has 0 radical (unpaired) electrons. The Balaban J connectivity index is 1.88. The second-order valence-electron chi connectivity index (χ2n) is 4.90. The number of nitrogens with one attached hydrogen (secondary N) is 1. The van der Waals surface area contributed by atoms with Crippen LogP contribution in [0, 0.1) is 10.1 Å². The number of ether oxygens (including phenoxy) is 1. The molecule has 0 unspecified atom stereocenters. The van der Waals surface area contributed by atoms with Gasteiger partial charge in [-0.05, 0) is 24.6 Å². The Hall–Kier alpha value is -3.22. The number of hydrazone groups is 1. The molecule has 24 heavy (non-hydrogen) atoms. The zero-order chi connectivity index (χ0) is 17.4. The van der Waals surface area contributed by atoms with Crippen LogP contribution in [0.2, 0.25) is 0 Å². The summed E-state index contributed by atoms with van der Waals surface area (Å²) in [5.74, 6) is 0.478. The molecule has 0 saturated carbocycles. The van der Waals surface area contributed by atoms with E-state index in [9.17, 15) is 14.9 Å². The molecule has 0 aliphatic carbocycles. The van der Waals surface area contributed by atoms with Crippen molar-refractivity contribution < 1.29 is 14.5 Å². The number of amides is 1. The Kier molecular flexibility index (Phi) is 6.01. The van der Waals surface area contributed by atoms with Gasteiger partial charge in [-0.1, -0.05) is 24.3 Å². The number of nitro benzene ring substituents is 1. The van der Waals surface area contributed by atoms with Crippen LogP contribution in [0.1, 0.15) is 18.1 Å². The smallest absolute Gasteiger partial charge is 0.270 e. The van der Waals surface area contributed by atoms with E-state index in [1.54, 1.807) is 24.3 Å². The quantitative estimate of drug-likeness (QED) is 0.480. The van der Waals surface area contributed by atoms with E-state index in [4.69, 9.17) is 4.74 Å². The SMILES string of the molecule is CCOc1ccc(CC(=O)N/N=C/c2cccc([N+](=O)[O-])c2)cc1. The molecule has 0 aliphatic rings. The van der Waals surface area contributed by atoms with Gasteiger partial charge in [0.1, 0.15) is 5.75 Å². The van der Waals surface area contributed by atoms with Crippen LogP contribution in [-0.4, -0.2) is 23.7 Å². The topological polar surface area (TPSA) is 93.8 Å². The van der Waals surface area contributed by atoms with Gasteiger partial charge < -0.3 is 4.74 Å². The van der Waals surface area contributed by atoms with E-state index in [0.29, 0.717) is 12.2 Å². The van der Waals surface area contributed by atoms with Gasteiger partial charge in [0.15, 0.2) is 0 Å². The molecule has 0 bridgehead atoms. The third-order valence-corrected chi connectivity index (χ3v) is 3.08. The minimum absolute atomic E-state index is 0.0281. The lowest BCUT2D eigenvalue weighted by Crippen LogP contribution is -2.19. The van der Waals surface area contributed by atoms with Crippen molar-refractivity contribution in [1.29, 1.82) is 0 Å². The Morgan fingerprint density at radius 3 is 2.71 bits per heavy atom. The average Bonchev–Trinajstić information content (AvgIpc) is 2.57. The minimum Gasteiger partial charge on any atom is -0.494 e. The predicted octanol–water partition coefficient (Wildman–Crippen LogP) is 2.69. The van der Waals surface area contributed by atoms with Gasteiger partial charge >= 0.3 is 0 Å². The first-order valence-electron chi connectivity index (χ1n) is 7.36. The lowest BCUT2D eigenvalue weighted by molar-refractivity contribution is -0.384. The van der Waals surface area contributed by atoms with Crippen molar-refractivity contribution in [1.82, 2.24) is 5.43 Å². The summed E-state index contributed by atoms with van der Waals surface area (Å²) in [6.45, 7) is 2.49. The highest BCUT2D eigenvalue weighted by atomic mass is 16.6. The van der Waals surface area contributed by atoms with Gasteiger partial charge in [-0.15, -0.1) is 0 Å². The highest BCUT2D eigenvalue weighted by Crippen LogP contribution is 2.13. The standard InChI is InChI=1S/C17H17N3O4/c1-2-24-16-8-6-13(7-9-16)11-17(21)19-18-12-14-4-3-5-15(10-14)20(22)23/h3-10,12H,2,11H2,1H3,(H,19,21)/b18-12+. The first-order chi connectivity index (χ1) is 11.6. The number of carbonyl (C=O) groups excluding carboxylic acids is 1. The van der Waals surface area contributed by atoms with Crippen LogP contribution in [0.3, 0.4) is 0 Å². The van der Waals surface area contributed by atoms with E-state index >= 15 is 0 Å². The Morgan fingerprint density at radius 2 is 2.04 bits per heavy atom. The molecule has 0 fully saturated rings. The monoisotopic (exact) mass is 327 g/mol. The average molecular weight is 327 g/mol. The number of non-ortho nitro benzene ring substituents is 1. The summed E-state index contributed by atoms with van der Waals surface area (Å²) in [5.41, 5.74) is 3.74. The molecular formula is C17H17N3O4. The summed E-state index contributed by atoms with van der Waals surface area (Å²) < 4.78 is 5.33.